The van der Waals surface area contributed by atoms with Crippen molar-refractivity contribution >= 4 is 40.9 Å². The average Bonchev–Trinajstić information content (AvgIpc) is 2.67. The topological polar surface area (TPSA) is 151 Å². The van der Waals surface area contributed by atoms with Gasteiger partial charge in [0.05, 0.1) is 4.92 Å². The summed E-state index contributed by atoms with van der Waals surface area (Å²) in [6.45, 7) is 3.76. The molecule has 0 fully saturated rings. The van der Waals surface area contributed by atoms with Crippen LogP contribution in [0.25, 0.3) is 0 Å². The number of thioether (sulfide) groups is 1. The molecular weight excluding hydrogens is 400 g/mol. The second kappa shape index (κ2) is 12.0. The number of rotatable bonds is 11. The van der Waals surface area contributed by atoms with Crippen molar-refractivity contribution in [2.45, 2.75) is 32.7 Å². The van der Waals surface area contributed by atoms with Gasteiger partial charge in [0.2, 0.25) is 11.8 Å². The zero-order valence-electron chi connectivity index (χ0n) is 16.5. The van der Waals surface area contributed by atoms with Gasteiger partial charge in [0.1, 0.15) is 12.0 Å². The smallest absolute Gasteiger partial charge is 0.269 e. The quantitative estimate of drug-likeness (QED) is 0.183. The Hall–Kier alpha value is -2.66. The highest BCUT2D eigenvalue weighted by Crippen LogP contribution is 2.17. The van der Waals surface area contributed by atoms with Crippen LogP contribution in [0.15, 0.2) is 24.3 Å². The van der Waals surface area contributed by atoms with E-state index in [2.05, 4.69) is 10.6 Å². The normalized spacial score (nSPS) is 12.7. The lowest BCUT2D eigenvalue weighted by Crippen LogP contribution is -2.49. The van der Waals surface area contributed by atoms with Gasteiger partial charge in [-0.15, -0.1) is 0 Å². The number of benzene rings is 1. The van der Waals surface area contributed by atoms with Gasteiger partial charge < -0.3 is 10.6 Å². The van der Waals surface area contributed by atoms with Gasteiger partial charge in [-0.3, -0.25) is 29.7 Å². The van der Waals surface area contributed by atoms with Crippen LogP contribution in [0.5, 0.6) is 0 Å². The second-order valence-corrected chi connectivity index (χ2v) is 7.78. The molecule has 0 saturated carbocycles. The molecule has 11 heteroatoms. The number of carbonyl (C=O) groups is 3. The van der Waals surface area contributed by atoms with Gasteiger partial charge in [-0.2, -0.15) is 11.8 Å². The molecule has 0 saturated heterocycles. The number of non-ortho nitro benzene ring substituents is 1. The van der Waals surface area contributed by atoms with E-state index in [1.165, 1.54) is 41.5 Å². The first-order valence-corrected chi connectivity index (χ1v) is 10.4. The minimum atomic E-state index is -1.13. The van der Waals surface area contributed by atoms with E-state index in [-0.39, 0.29) is 18.0 Å². The highest BCUT2D eigenvalue weighted by molar-refractivity contribution is 7.98. The minimum absolute atomic E-state index is 0.0687. The highest BCUT2D eigenvalue weighted by atomic mass is 32.2. The molecule has 0 aliphatic carbocycles. The van der Waals surface area contributed by atoms with Crippen molar-refractivity contribution in [3.8, 4) is 0 Å². The Morgan fingerprint density at radius 3 is 2.24 bits per heavy atom. The van der Waals surface area contributed by atoms with Crippen LogP contribution in [0, 0.1) is 22.0 Å². The number of nitro benzene ring substituents is 1. The maximum atomic E-state index is 12.7. The Labute approximate surface area is 172 Å². The number of anilines is 1. The first kappa shape index (κ1) is 24.4. The molecule has 1 aromatic rings. The first-order valence-electron chi connectivity index (χ1n) is 8.98. The predicted molar refractivity (Wildman–Crippen MR) is 110 cm³/mol. The average molecular weight is 426 g/mol. The fraction of sp³-hybridized carbons (Fsp3) is 0.500. The molecule has 0 heterocycles. The van der Waals surface area contributed by atoms with Gasteiger partial charge in [0.25, 0.3) is 11.6 Å². The number of nitrogens with zero attached hydrogens (tertiary/aromatic N) is 1. The van der Waals surface area contributed by atoms with Crippen molar-refractivity contribution < 1.29 is 24.5 Å². The van der Waals surface area contributed by atoms with Gasteiger partial charge in [0.15, 0.2) is 0 Å². The molecule has 3 amide bonds. The van der Waals surface area contributed by atoms with Crippen LogP contribution < -0.4 is 16.1 Å². The Morgan fingerprint density at radius 1 is 1.14 bits per heavy atom. The van der Waals surface area contributed by atoms with Crippen molar-refractivity contribution in [3.63, 3.8) is 0 Å². The molecule has 4 N–H and O–H groups in total. The standard InChI is InChI=1S/C18H26N4O6S/c1-11(2)10-15(20-16(23)14(8-9-29-3)17(24)21-26)18(25)19-12-4-6-13(7-5-12)22(27)28/h4-7,11,14-15,26H,8-10H2,1-3H3,(H,19,25)(H,20,23)(H,21,24)/t14?,15-/m0/s1. The molecule has 29 heavy (non-hydrogen) atoms. The van der Waals surface area contributed by atoms with Crippen LogP contribution in [-0.2, 0) is 14.4 Å². The van der Waals surface area contributed by atoms with E-state index in [0.29, 0.717) is 17.9 Å². The van der Waals surface area contributed by atoms with Crippen LogP contribution in [0.1, 0.15) is 26.7 Å². The summed E-state index contributed by atoms with van der Waals surface area (Å²) in [5, 5.41) is 24.8. The lowest BCUT2D eigenvalue weighted by molar-refractivity contribution is -0.384. The number of hydrogen-bond acceptors (Lipinski definition) is 7. The molecule has 0 aliphatic heterocycles. The van der Waals surface area contributed by atoms with E-state index in [1.54, 1.807) is 0 Å². The maximum Gasteiger partial charge on any atom is 0.269 e. The molecule has 0 bridgehead atoms. The van der Waals surface area contributed by atoms with Crippen molar-refractivity contribution in [2.75, 3.05) is 17.3 Å². The lowest BCUT2D eigenvalue weighted by atomic mass is 10.00. The van der Waals surface area contributed by atoms with E-state index < -0.39 is 34.6 Å². The summed E-state index contributed by atoms with van der Waals surface area (Å²) in [5.74, 6) is -2.54. The van der Waals surface area contributed by atoms with Crippen LogP contribution in [-0.4, -0.2) is 45.9 Å². The molecule has 0 aliphatic rings. The Kier molecular flexibility index (Phi) is 10.1. The zero-order chi connectivity index (χ0) is 22.0. The molecule has 1 rings (SSSR count). The molecule has 1 aromatic carbocycles. The third kappa shape index (κ3) is 8.08. The summed E-state index contributed by atoms with van der Waals surface area (Å²) < 4.78 is 0. The highest BCUT2D eigenvalue weighted by Gasteiger charge is 2.30. The molecule has 0 radical (unpaired) electrons. The monoisotopic (exact) mass is 426 g/mol. The Morgan fingerprint density at radius 2 is 1.76 bits per heavy atom. The van der Waals surface area contributed by atoms with Gasteiger partial charge in [-0.1, -0.05) is 13.8 Å². The van der Waals surface area contributed by atoms with E-state index >= 15 is 0 Å². The molecule has 10 nitrogen and oxygen atoms in total. The summed E-state index contributed by atoms with van der Waals surface area (Å²) in [7, 11) is 0. The first-order chi connectivity index (χ1) is 13.7. The van der Waals surface area contributed by atoms with Crippen LogP contribution in [0.2, 0.25) is 0 Å². The maximum absolute atomic E-state index is 12.7. The Bertz CT molecular complexity index is 726. The van der Waals surface area contributed by atoms with Crippen molar-refractivity contribution in [1.82, 2.24) is 10.8 Å². The fourth-order valence-electron chi connectivity index (χ4n) is 2.57. The van der Waals surface area contributed by atoms with Gasteiger partial charge in [0, 0.05) is 17.8 Å². The predicted octanol–water partition coefficient (Wildman–Crippen LogP) is 1.94. The molecule has 160 valence electrons. The number of carbonyl (C=O) groups excluding carboxylic acids is 3. The fourth-order valence-corrected chi connectivity index (χ4v) is 3.04. The molecular formula is C18H26N4O6S. The van der Waals surface area contributed by atoms with E-state index in [9.17, 15) is 24.5 Å². The molecule has 0 aromatic heterocycles. The number of hydroxylamine groups is 1. The van der Waals surface area contributed by atoms with Crippen LogP contribution in [0.3, 0.4) is 0 Å². The van der Waals surface area contributed by atoms with Gasteiger partial charge in [-0.05, 0) is 42.9 Å². The number of nitro groups is 1. The number of amides is 3. The summed E-state index contributed by atoms with van der Waals surface area (Å²) in [4.78, 5) is 47.2. The number of nitrogens with one attached hydrogen (secondary N) is 3. The lowest BCUT2D eigenvalue weighted by Gasteiger charge is -2.23. The summed E-state index contributed by atoms with van der Waals surface area (Å²) in [6, 6.07) is 4.39. The van der Waals surface area contributed by atoms with Crippen LogP contribution >= 0.6 is 11.8 Å². The van der Waals surface area contributed by atoms with Crippen molar-refractivity contribution in [2.24, 2.45) is 11.8 Å². The number of hydrogen-bond donors (Lipinski definition) is 4. The van der Waals surface area contributed by atoms with Gasteiger partial charge >= 0.3 is 0 Å². The largest absolute Gasteiger partial charge is 0.344 e. The van der Waals surface area contributed by atoms with Gasteiger partial charge in [-0.25, -0.2) is 5.48 Å². The molecule has 0 spiro atoms. The van der Waals surface area contributed by atoms with Crippen LogP contribution in [0.4, 0.5) is 11.4 Å². The molecule has 2 atom stereocenters. The van der Waals surface area contributed by atoms with E-state index in [4.69, 9.17) is 5.21 Å². The van der Waals surface area contributed by atoms with E-state index in [0.717, 1.165) is 0 Å². The SMILES string of the molecule is CSCCC(C(=O)NO)C(=O)N[C@@H](CC(C)C)C(=O)Nc1ccc([N+](=O)[O-])cc1. The van der Waals surface area contributed by atoms with Crippen molar-refractivity contribution in [3.05, 3.63) is 34.4 Å². The third-order valence-corrected chi connectivity index (χ3v) is 4.68. The summed E-state index contributed by atoms with van der Waals surface area (Å²) in [5.41, 5.74) is 1.72. The zero-order valence-corrected chi connectivity index (χ0v) is 17.3. The summed E-state index contributed by atoms with van der Waals surface area (Å²) in [6.07, 6.45) is 2.35. The third-order valence-electron chi connectivity index (χ3n) is 4.04. The van der Waals surface area contributed by atoms with E-state index in [1.807, 2.05) is 20.1 Å². The molecule has 1 unspecified atom stereocenters. The second-order valence-electron chi connectivity index (χ2n) is 6.79. The van der Waals surface area contributed by atoms with Crippen molar-refractivity contribution in [1.29, 1.82) is 0 Å². The minimum Gasteiger partial charge on any atom is -0.344 e. The summed E-state index contributed by atoms with van der Waals surface area (Å²) >= 11 is 1.45. The Balaban J connectivity index is 2.90.